The molecule has 1 atom stereocenters. The molecule has 1 N–H and O–H groups in total. The number of carbonyl (C=O) groups excluding carboxylic acids is 2. The summed E-state index contributed by atoms with van der Waals surface area (Å²) in [6.45, 7) is 4.85. The van der Waals surface area contributed by atoms with E-state index in [4.69, 9.17) is 23.2 Å². The number of benzene rings is 2. The van der Waals surface area contributed by atoms with E-state index in [1.165, 1.54) is 11.8 Å². The quantitative estimate of drug-likeness (QED) is 0.440. The molecule has 0 aliphatic rings. The second kappa shape index (κ2) is 12.9. The zero-order valence-electron chi connectivity index (χ0n) is 17.4. The lowest BCUT2D eigenvalue weighted by Crippen LogP contribution is -2.48. The predicted octanol–water partition coefficient (Wildman–Crippen LogP) is 5.56. The fourth-order valence-corrected chi connectivity index (χ4v) is 4.54. The molecule has 2 amide bonds. The van der Waals surface area contributed by atoms with Crippen molar-refractivity contribution in [3.63, 3.8) is 0 Å². The maximum Gasteiger partial charge on any atom is 0.242 e. The van der Waals surface area contributed by atoms with Crippen molar-refractivity contribution < 1.29 is 9.59 Å². The highest BCUT2D eigenvalue weighted by molar-refractivity contribution is 7.99. The minimum atomic E-state index is -0.556. The first kappa shape index (κ1) is 24.6. The number of amides is 2. The predicted molar refractivity (Wildman–Crippen MR) is 127 cm³/mol. The minimum Gasteiger partial charge on any atom is -0.354 e. The van der Waals surface area contributed by atoms with E-state index >= 15 is 0 Å². The van der Waals surface area contributed by atoms with Gasteiger partial charge in [0.1, 0.15) is 6.04 Å². The number of carbonyl (C=O) groups is 2. The van der Waals surface area contributed by atoms with E-state index in [0.29, 0.717) is 28.9 Å². The summed E-state index contributed by atoms with van der Waals surface area (Å²) in [7, 11) is 0. The normalized spacial score (nSPS) is 11.7. The van der Waals surface area contributed by atoms with Gasteiger partial charge in [0, 0.05) is 28.9 Å². The van der Waals surface area contributed by atoms with Gasteiger partial charge in [0.05, 0.1) is 5.75 Å². The number of rotatable bonds is 11. The molecule has 0 bridgehead atoms. The minimum absolute atomic E-state index is 0.0924. The van der Waals surface area contributed by atoms with Gasteiger partial charge >= 0.3 is 0 Å². The Morgan fingerprint density at radius 3 is 2.37 bits per heavy atom. The highest BCUT2D eigenvalue weighted by atomic mass is 35.5. The van der Waals surface area contributed by atoms with Gasteiger partial charge in [-0.15, -0.1) is 11.8 Å². The Hall–Kier alpha value is -1.69. The average molecular weight is 467 g/mol. The Labute approximate surface area is 193 Å². The molecule has 0 spiro atoms. The van der Waals surface area contributed by atoms with Crippen LogP contribution in [0.2, 0.25) is 10.0 Å². The molecule has 162 valence electrons. The molecule has 2 aromatic carbocycles. The van der Waals surface area contributed by atoms with Gasteiger partial charge in [-0.3, -0.25) is 9.59 Å². The summed E-state index contributed by atoms with van der Waals surface area (Å²) in [5, 5.41) is 4.11. The molecule has 1 unspecified atom stereocenters. The second-order valence-electron chi connectivity index (χ2n) is 7.02. The summed E-state index contributed by atoms with van der Waals surface area (Å²) in [6.07, 6.45) is 1.92. The van der Waals surface area contributed by atoms with Crippen molar-refractivity contribution in [3.05, 3.63) is 69.7 Å². The lowest BCUT2D eigenvalue weighted by Gasteiger charge is -2.29. The van der Waals surface area contributed by atoms with Crippen LogP contribution < -0.4 is 5.32 Å². The molecule has 30 heavy (non-hydrogen) atoms. The first-order valence-electron chi connectivity index (χ1n) is 10.1. The smallest absolute Gasteiger partial charge is 0.242 e. The third kappa shape index (κ3) is 7.53. The Kier molecular flexibility index (Phi) is 10.6. The van der Waals surface area contributed by atoms with Crippen molar-refractivity contribution >= 4 is 46.8 Å². The van der Waals surface area contributed by atoms with Crippen LogP contribution in [-0.4, -0.2) is 35.1 Å². The maximum absolute atomic E-state index is 13.0. The van der Waals surface area contributed by atoms with Crippen molar-refractivity contribution in [2.45, 2.75) is 45.0 Å². The molecular formula is C23H28Cl2N2O2S. The van der Waals surface area contributed by atoms with E-state index in [0.717, 1.165) is 24.0 Å². The molecule has 2 rings (SSSR count). The van der Waals surface area contributed by atoms with Crippen molar-refractivity contribution in [3.8, 4) is 0 Å². The lowest BCUT2D eigenvalue weighted by atomic mass is 10.1. The number of nitrogens with one attached hydrogen (secondary N) is 1. The molecule has 0 radical (unpaired) electrons. The standard InChI is InChI=1S/C23H28Cl2N2O2S/c1-3-4-13-26-23(29)17(2)27(14-18-9-6-5-7-10-18)22(28)16-30-15-19-20(24)11-8-12-21(19)25/h5-12,17H,3-4,13-16H2,1-2H3,(H,26,29). The van der Waals surface area contributed by atoms with E-state index < -0.39 is 6.04 Å². The van der Waals surface area contributed by atoms with Gasteiger partial charge in [0.2, 0.25) is 11.8 Å². The van der Waals surface area contributed by atoms with E-state index in [9.17, 15) is 9.59 Å². The highest BCUT2D eigenvalue weighted by Gasteiger charge is 2.25. The Morgan fingerprint density at radius 2 is 1.73 bits per heavy atom. The second-order valence-corrected chi connectivity index (χ2v) is 8.82. The number of hydrogen-bond acceptors (Lipinski definition) is 3. The highest BCUT2D eigenvalue weighted by Crippen LogP contribution is 2.28. The summed E-state index contributed by atoms with van der Waals surface area (Å²) in [5.74, 6) is 0.540. The van der Waals surface area contributed by atoms with Crippen LogP contribution in [0.1, 0.15) is 37.8 Å². The number of halogens is 2. The first-order chi connectivity index (χ1) is 14.4. The molecule has 0 aliphatic heterocycles. The molecule has 0 aliphatic carbocycles. The third-order valence-electron chi connectivity index (χ3n) is 4.73. The fraction of sp³-hybridized carbons (Fsp3) is 0.391. The summed E-state index contributed by atoms with van der Waals surface area (Å²) >= 11 is 13.9. The number of unbranched alkanes of at least 4 members (excludes halogenated alkanes) is 1. The molecule has 0 saturated carbocycles. The van der Waals surface area contributed by atoms with Gasteiger partial charge in [0.25, 0.3) is 0 Å². The van der Waals surface area contributed by atoms with Gasteiger partial charge in [-0.2, -0.15) is 0 Å². The number of thioether (sulfide) groups is 1. The Balaban J connectivity index is 2.04. The summed E-state index contributed by atoms with van der Waals surface area (Å²) in [6, 6.07) is 14.5. The number of hydrogen-bond donors (Lipinski definition) is 1. The SMILES string of the molecule is CCCCNC(=O)C(C)N(Cc1ccccc1)C(=O)CSCc1c(Cl)cccc1Cl. The van der Waals surface area contributed by atoms with Crippen molar-refractivity contribution in [2.75, 3.05) is 12.3 Å². The van der Waals surface area contributed by atoms with Crippen LogP contribution in [0.4, 0.5) is 0 Å². The third-order valence-corrected chi connectivity index (χ3v) is 6.38. The Bertz CT molecular complexity index is 813. The van der Waals surface area contributed by atoms with E-state index in [1.807, 2.05) is 30.3 Å². The van der Waals surface area contributed by atoms with Crippen molar-refractivity contribution in [1.29, 1.82) is 0 Å². The Morgan fingerprint density at radius 1 is 1.07 bits per heavy atom. The summed E-state index contributed by atoms with van der Waals surface area (Å²) < 4.78 is 0. The van der Waals surface area contributed by atoms with Crippen LogP contribution in [0.25, 0.3) is 0 Å². The van der Waals surface area contributed by atoms with Crippen LogP contribution in [0.3, 0.4) is 0 Å². The fourth-order valence-electron chi connectivity index (χ4n) is 2.89. The topological polar surface area (TPSA) is 49.4 Å². The van der Waals surface area contributed by atoms with Crippen LogP contribution >= 0.6 is 35.0 Å². The van der Waals surface area contributed by atoms with E-state index in [2.05, 4.69) is 12.2 Å². The zero-order chi connectivity index (χ0) is 21.9. The maximum atomic E-state index is 13.0. The van der Waals surface area contributed by atoms with Gasteiger partial charge in [0.15, 0.2) is 0 Å². The molecular weight excluding hydrogens is 439 g/mol. The van der Waals surface area contributed by atoms with Gasteiger partial charge in [-0.1, -0.05) is 72.9 Å². The zero-order valence-corrected chi connectivity index (χ0v) is 19.7. The van der Waals surface area contributed by atoms with Gasteiger partial charge in [-0.05, 0) is 36.6 Å². The molecule has 4 nitrogen and oxygen atoms in total. The lowest BCUT2D eigenvalue weighted by molar-refractivity contribution is -0.138. The van der Waals surface area contributed by atoms with E-state index in [1.54, 1.807) is 30.0 Å². The van der Waals surface area contributed by atoms with Crippen molar-refractivity contribution in [2.24, 2.45) is 0 Å². The first-order valence-corrected chi connectivity index (χ1v) is 12.0. The van der Waals surface area contributed by atoms with Crippen LogP contribution in [0.5, 0.6) is 0 Å². The number of nitrogens with zero attached hydrogens (tertiary/aromatic N) is 1. The van der Waals surface area contributed by atoms with Crippen LogP contribution in [0.15, 0.2) is 48.5 Å². The summed E-state index contributed by atoms with van der Waals surface area (Å²) in [5.41, 5.74) is 1.80. The van der Waals surface area contributed by atoms with Crippen LogP contribution in [0, 0.1) is 0 Å². The summed E-state index contributed by atoms with van der Waals surface area (Å²) in [4.78, 5) is 27.3. The largest absolute Gasteiger partial charge is 0.354 e. The van der Waals surface area contributed by atoms with Crippen molar-refractivity contribution in [1.82, 2.24) is 10.2 Å². The monoisotopic (exact) mass is 466 g/mol. The van der Waals surface area contributed by atoms with Gasteiger partial charge < -0.3 is 10.2 Å². The average Bonchev–Trinajstić information content (AvgIpc) is 2.74. The molecule has 0 saturated heterocycles. The van der Waals surface area contributed by atoms with Gasteiger partial charge in [-0.25, -0.2) is 0 Å². The molecule has 0 heterocycles. The molecule has 7 heteroatoms. The van der Waals surface area contributed by atoms with Crippen LogP contribution in [-0.2, 0) is 21.9 Å². The molecule has 2 aromatic rings. The molecule has 0 fully saturated rings. The molecule has 0 aromatic heterocycles. The van der Waals surface area contributed by atoms with E-state index in [-0.39, 0.29) is 17.6 Å².